The van der Waals surface area contributed by atoms with Gasteiger partial charge in [0, 0.05) is 9.50 Å². The Kier molecular flexibility index (Phi) is 2.85. The number of carbonyl (C=O) groups excluding carboxylic acids is 1. The SMILES string of the molecule is CC(=O)c1c(F)cc(Cl)cc1Br. The van der Waals surface area contributed by atoms with E-state index in [1.807, 2.05) is 0 Å². The highest BCUT2D eigenvalue weighted by atomic mass is 79.9. The lowest BCUT2D eigenvalue weighted by Gasteiger charge is -2.01. The van der Waals surface area contributed by atoms with Crippen molar-refractivity contribution in [3.8, 4) is 0 Å². The zero-order chi connectivity index (χ0) is 9.30. The molecule has 0 bridgehead atoms. The van der Waals surface area contributed by atoms with Crippen molar-refractivity contribution in [2.75, 3.05) is 0 Å². The Labute approximate surface area is 82.7 Å². The van der Waals surface area contributed by atoms with Gasteiger partial charge in [-0.2, -0.15) is 0 Å². The van der Waals surface area contributed by atoms with Gasteiger partial charge < -0.3 is 0 Å². The number of benzene rings is 1. The second kappa shape index (κ2) is 3.54. The van der Waals surface area contributed by atoms with E-state index in [9.17, 15) is 9.18 Å². The third-order valence-electron chi connectivity index (χ3n) is 1.36. The summed E-state index contributed by atoms with van der Waals surface area (Å²) in [5.41, 5.74) is 0.0411. The first-order valence-electron chi connectivity index (χ1n) is 3.18. The largest absolute Gasteiger partial charge is 0.294 e. The fourth-order valence-electron chi connectivity index (χ4n) is 0.879. The van der Waals surface area contributed by atoms with Gasteiger partial charge in [0.2, 0.25) is 0 Å². The highest BCUT2D eigenvalue weighted by Crippen LogP contribution is 2.24. The van der Waals surface area contributed by atoms with Crippen LogP contribution in [0.2, 0.25) is 5.02 Å². The minimum Gasteiger partial charge on any atom is -0.294 e. The maximum absolute atomic E-state index is 13.0. The van der Waals surface area contributed by atoms with E-state index >= 15 is 0 Å². The number of ketones is 1. The molecule has 0 aliphatic heterocycles. The van der Waals surface area contributed by atoms with Crippen LogP contribution in [-0.4, -0.2) is 5.78 Å². The average molecular weight is 251 g/mol. The van der Waals surface area contributed by atoms with E-state index in [4.69, 9.17) is 11.6 Å². The molecule has 12 heavy (non-hydrogen) atoms. The third kappa shape index (κ3) is 1.84. The lowest BCUT2D eigenvalue weighted by molar-refractivity contribution is 0.101. The normalized spacial score (nSPS) is 10.0. The molecule has 0 N–H and O–H groups in total. The van der Waals surface area contributed by atoms with Crippen LogP contribution in [0.25, 0.3) is 0 Å². The summed E-state index contributed by atoms with van der Waals surface area (Å²) < 4.78 is 13.4. The van der Waals surface area contributed by atoms with Crippen LogP contribution in [0.15, 0.2) is 16.6 Å². The first-order valence-corrected chi connectivity index (χ1v) is 4.35. The molecule has 0 radical (unpaired) electrons. The summed E-state index contributed by atoms with van der Waals surface area (Å²) in [4.78, 5) is 10.9. The molecule has 0 spiro atoms. The molecule has 1 rings (SSSR count). The summed E-state index contributed by atoms with van der Waals surface area (Å²) >= 11 is 8.60. The summed E-state index contributed by atoms with van der Waals surface area (Å²) in [5.74, 6) is -0.919. The zero-order valence-corrected chi connectivity index (χ0v) is 8.54. The molecule has 64 valence electrons. The van der Waals surface area contributed by atoms with Gasteiger partial charge in [-0.3, -0.25) is 4.79 Å². The Bertz CT molecular complexity index is 315. The van der Waals surface area contributed by atoms with Crippen molar-refractivity contribution < 1.29 is 9.18 Å². The van der Waals surface area contributed by atoms with Crippen molar-refractivity contribution >= 4 is 33.3 Å². The molecule has 0 atom stereocenters. The highest BCUT2D eigenvalue weighted by Gasteiger charge is 2.12. The molecule has 0 aliphatic rings. The van der Waals surface area contributed by atoms with E-state index in [1.54, 1.807) is 0 Å². The summed E-state index contributed by atoms with van der Waals surface area (Å²) in [5, 5.41) is 0.268. The minimum absolute atomic E-state index is 0.0411. The molecule has 0 saturated heterocycles. The smallest absolute Gasteiger partial charge is 0.163 e. The Balaban J connectivity index is 3.38. The predicted octanol–water partition coefficient (Wildman–Crippen LogP) is 3.44. The molecular formula is C8H5BrClFO. The number of carbonyl (C=O) groups is 1. The topological polar surface area (TPSA) is 17.1 Å². The van der Waals surface area contributed by atoms with E-state index < -0.39 is 5.82 Å². The summed E-state index contributed by atoms with van der Waals surface area (Å²) in [6, 6.07) is 2.60. The predicted molar refractivity (Wildman–Crippen MR) is 49.1 cm³/mol. The molecule has 0 amide bonds. The van der Waals surface area contributed by atoms with Gasteiger partial charge in [-0.05, 0) is 35.0 Å². The molecule has 0 fully saturated rings. The maximum Gasteiger partial charge on any atom is 0.163 e. The fourth-order valence-corrected chi connectivity index (χ4v) is 1.93. The number of halogens is 3. The molecule has 0 unspecified atom stereocenters. The maximum atomic E-state index is 13.0. The van der Waals surface area contributed by atoms with E-state index in [0.717, 1.165) is 6.07 Å². The molecule has 4 heteroatoms. The van der Waals surface area contributed by atoms with Crippen molar-refractivity contribution in [2.45, 2.75) is 6.92 Å². The van der Waals surface area contributed by atoms with E-state index in [-0.39, 0.29) is 16.4 Å². The van der Waals surface area contributed by atoms with Crippen LogP contribution in [0.4, 0.5) is 4.39 Å². The molecule has 0 aliphatic carbocycles. The zero-order valence-electron chi connectivity index (χ0n) is 6.20. The first kappa shape index (κ1) is 9.68. The second-order valence-corrected chi connectivity index (χ2v) is 3.59. The van der Waals surface area contributed by atoms with Gasteiger partial charge in [0.25, 0.3) is 0 Å². The first-order chi connectivity index (χ1) is 5.52. The Morgan fingerprint density at radius 1 is 1.58 bits per heavy atom. The summed E-state index contributed by atoms with van der Waals surface area (Å²) in [6.45, 7) is 1.30. The summed E-state index contributed by atoms with van der Waals surface area (Å²) in [6.07, 6.45) is 0. The van der Waals surface area contributed by atoms with E-state index in [0.29, 0.717) is 4.47 Å². The van der Waals surface area contributed by atoms with Crippen molar-refractivity contribution in [3.05, 3.63) is 33.0 Å². The molecule has 1 aromatic rings. The van der Waals surface area contributed by atoms with Crippen LogP contribution < -0.4 is 0 Å². The number of Topliss-reactive ketones (excluding diaryl/α,β-unsaturated/α-hetero) is 1. The molecule has 0 heterocycles. The standard InChI is InChI=1S/C8H5BrClFO/c1-4(12)8-6(9)2-5(10)3-7(8)11/h2-3H,1H3. The van der Waals surface area contributed by atoms with E-state index in [2.05, 4.69) is 15.9 Å². The molecule has 1 aromatic carbocycles. The highest BCUT2D eigenvalue weighted by molar-refractivity contribution is 9.10. The lowest BCUT2D eigenvalue weighted by Crippen LogP contribution is -1.98. The van der Waals surface area contributed by atoms with E-state index in [1.165, 1.54) is 13.0 Å². The Morgan fingerprint density at radius 3 is 2.58 bits per heavy atom. The van der Waals surface area contributed by atoms with Gasteiger partial charge in [0.05, 0.1) is 5.56 Å². The van der Waals surface area contributed by atoms with Gasteiger partial charge in [-0.15, -0.1) is 0 Å². The molecule has 0 aromatic heterocycles. The number of hydrogen-bond acceptors (Lipinski definition) is 1. The van der Waals surface area contributed by atoms with Crippen LogP contribution in [0.1, 0.15) is 17.3 Å². The van der Waals surface area contributed by atoms with Crippen molar-refractivity contribution in [1.82, 2.24) is 0 Å². The van der Waals surface area contributed by atoms with Crippen LogP contribution in [0, 0.1) is 5.82 Å². The van der Waals surface area contributed by atoms with Crippen LogP contribution >= 0.6 is 27.5 Å². The third-order valence-corrected chi connectivity index (χ3v) is 2.20. The Morgan fingerprint density at radius 2 is 2.17 bits per heavy atom. The second-order valence-electron chi connectivity index (χ2n) is 2.30. The monoisotopic (exact) mass is 250 g/mol. The molecular weight excluding hydrogens is 246 g/mol. The minimum atomic E-state index is -0.595. The van der Waals surface area contributed by atoms with Gasteiger partial charge in [-0.25, -0.2) is 4.39 Å². The molecule has 1 nitrogen and oxygen atoms in total. The number of rotatable bonds is 1. The lowest BCUT2D eigenvalue weighted by atomic mass is 10.1. The number of hydrogen-bond donors (Lipinski definition) is 0. The fraction of sp³-hybridized carbons (Fsp3) is 0.125. The van der Waals surface area contributed by atoms with Crippen LogP contribution in [-0.2, 0) is 0 Å². The van der Waals surface area contributed by atoms with Crippen LogP contribution in [0.5, 0.6) is 0 Å². The van der Waals surface area contributed by atoms with Gasteiger partial charge in [-0.1, -0.05) is 11.6 Å². The van der Waals surface area contributed by atoms with Gasteiger partial charge >= 0.3 is 0 Å². The van der Waals surface area contributed by atoms with Crippen LogP contribution in [0.3, 0.4) is 0 Å². The average Bonchev–Trinajstić information content (AvgIpc) is 1.82. The van der Waals surface area contributed by atoms with Gasteiger partial charge in [0.15, 0.2) is 5.78 Å². The van der Waals surface area contributed by atoms with Crippen molar-refractivity contribution in [2.24, 2.45) is 0 Å². The van der Waals surface area contributed by atoms with Crippen molar-refractivity contribution in [3.63, 3.8) is 0 Å². The molecule has 0 saturated carbocycles. The quantitative estimate of drug-likeness (QED) is 0.699. The van der Waals surface area contributed by atoms with Gasteiger partial charge in [0.1, 0.15) is 5.82 Å². The van der Waals surface area contributed by atoms with Crippen molar-refractivity contribution in [1.29, 1.82) is 0 Å². The Hall–Kier alpha value is -0.410. The summed E-state index contributed by atoms with van der Waals surface area (Å²) in [7, 11) is 0.